The third kappa shape index (κ3) is 3.82. The minimum atomic E-state index is -1.04. The number of carboxylic acids is 1. The van der Waals surface area contributed by atoms with Crippen molar-refractivity contribution in [3.8, 4) is 0 Å². The second kappa shape index (κ2) is 7.17. The average Bonchev–Trinajstić information content (AvgIpc) is 2.39. The van der Waals surface area contributed by atoms with Gasteiger partial charge in [-0.1, -0.05) is 18.2 Å². The molecule has 1 aromatic heterocycles. The van der Waals surface area contributed by atoms with E-state index in [1.807, 2.05) is 6.07 Å². The molecule has 3 N–H and O–H groups in total. The van der Waals surface area contributed by atoms with E-state index in [9.17, 15) is 4.79 Å². The van der Waals surface area contributed by atoms with Crippen molar-refractivity contribution in [3.63, 3.8) is 0 Å². The Morgan fingerprint density at radius 3 is 2.58 bits per heavy atom. The van der Waals surface area contributed by atoms with Crippen molar-refractivity contribution < 1.29 is 14.7 Å². The van der Waals surface area contributed by atoms with Crippen molar-refractivity contribution in [1.29, 1.82) is 0 Å². The van der Waals surface area contributed by atoms with Crippen LogP contribution in [0.5, 0.6) is 0 Å². The Morgan fingerprint density at radius 2 is 2.00 bits per heavy atom. The van der Waals surface area contributed by atoms with E-state index in [1.165, 1.54) is 6.92 Å². The number of carboxylic acid groups (broad SMARTS) is 1. The van der Waals surface area contributed by atoms with E-state index in [2.05, 4.69) is 9.97 Å². The summed E-state index contributed by atoms with van der Waals surface area (Å²) in [4.78, 5) is 28.1. The fraction of sp³-hybridized carbons (Fsp3) is 0.231. The highest BCUT2D eigenvalue weighted by Crippen LogP contribution is 2.15. The van der Waals surface area contributed by atoms with Crippen molar-refractivity contribution >= 4 is 23.2 Å². The highest BCUT2D eigenvalue weighted by molar-refractivity contribution is 6.00. The molecule has 0 aliphatic heterocycles. The number of benzene rings is 1. The number of hydrogen-bond acceptors (Lipinski definition) is 5. The molecule has 0 bridgehead atoms. The van der Waals surface area contributed by atoms with Crippen LogP contribution in [0, 0.1) is 0 Å². The number of aromatic carboxylic acids is 1. The van der Waals surface area contributed by atoms with Gasteiger partial charge in [-0.3, -0.25) is 0 Å². The van der Waals surface area contributed by atoms with Gasteiger partial charge < -0.3 is 15.6 Å². The van der Waals surface area contributed by atoms with Crippen molar-refractivity contribution in [2.45, 2.75) is 13.3 Å². The Labute approximate surface area is 110 Å². The molecule has 0 unspecified atom stereocenters. The van der Waals surface area contributed by atoms with Crippen LogP contribution in [0.1, 0.15) is 23.2 Å². The highest BCUT2D eigenvalue weighted by Gasteiger charge is 2.12. The molecule has 0 saturated carbocycles. The van der Waals surface area contributed by atoms with Crippen LogP contribution >= 0.6 is 0 Å². The molecule has 0 radical (unpaired) electrons. The third-order valence-electron chi connectivity index (χ3n) is 2.22. The maximum absolute atomic E-state index is 11.0. The fourth-order valence-corrected chi connectivity index (χ4v) is 1.53. The van der Waals surface area contributed by atoms with Gasteiger partial charge in [-0.2, -0.15) is 0 Å². The Kier molecular flexibility index (Phi) is 5.56. The monoisotopic (exact) mass is 261 g/mol. The first-order valence-corrected chi connectivity index (χ1v) is 5.72. The summed E-state index contributed by atoms with van der Waals surface area (Å²) in [6.45, 7) is 1.84. The quantitative estimate of drug-likeness (QED) is 0.799. The lowest BCUT2D eigenvalue weighted by molar-refractivity contribution is -0.106. The topological polar surface area (TPSA) is 106 Å². The number of carbonyl (C=O) groups is 2. The smallest absolute Gasteiger partial charge is 0.355 e. The van der Waals surface area contributed by atoms with Gasteiger partial charge >= 0.3 is 5.97 Å². The Hall–Kier alpha value is -2.34. The maximum Gasteiger partial charge on any atom is 0.355 e. The number of fused-ring (bicyclic) bond motifs is 1. The average molecular weight is 261 g/mol. The zero-order valence-electron chi connectivity index (χ0n) is 10.5. The molecule has 0 aliphatic carbocycles. The van der Waals surface area contributed by atoms with Crippen LogP contribution in [0.2, 0.25) is 0 Å². The summed E-state index contributed by atoms with van der Waals surface area (Å²) in [5, 5.41) is 9.61. The van der Waals surface area contributed by atoms with Crippen LogP contribution in [0.25, 0.3) is 10.9 Å². The van der Waals surface area contributed by atoms with Crippen LogP contribution in [-0.2, 0) is 11.2 Å². The van der Waals surface area contributed by atoms with Gasteiger partial charge in [-0.05, 0) is 19.5 Å². The summed E-state index contributed by atoms with van der Waals surface area (Å²) in [7, 11) is 0. The number of nitrogens with two attached hydrogens (primary N) is 1. The predicted octanol–water partition coefficient (Wildman–Crippen LogP) is 1.03. The van der Waals surface area contributed by atoms with E-state index in [0.29, 0.717) is 29.7 Å². The fourth-order valence-electron chi connectivity index (χ4n) is 1.53. The summed E-state index contributed by atoms with van der Waals surface area (Å²) in [5.41, 5.74) is 6.08. The number of carbonyl (C=O) groups excluding carboxylic acids is 1. The summed E-state index contributed by atoms with van der Waals surface area (Å²) < 4.78 is 0. The van der Waals surface area contributed by atoms with Gasteiger partial charge in [-0.25, -0.2) is 14.8 Å². The summed E-state index contributed by atoms with van der Waals surface area (Å²) in [5.74, 6) is -0.574. The van der Waals surface area contributed by atoms with Crippen LogP contribution in [-0.4, -0.2) is 33.9 Å². The number of hydrogen-bond donors (Lipinski definition) is 2. The van der Waals surface area contributed by atoms with E-state index in [0.717, 1.165) is 6.29 Å². The zero-order chi connectivity index (χ0) is 14.3. The molecular formula is C13H15N3O3. The first-order chi connectivity index (χ1) is 9.13. The highest BCUT2D eigenvalue weighted by atomic mass is 16.4. The summed E-state index contributed by atoms with van der Waals surface area (Å²) in [6, 6.07) is 7.04. The van der Waals surface area contributed by atoms with Gasteiger partial charge in [0, 0.05) is 11.8 Å². The molecule has 0 saturated heterocycles. The Balaban J connectivity index is 0.000000550. The van der Waals surface area contributed by atoms with E-state index in [1.54, 1.807) is 18.2 Å². The van der Waals surface area contributed by atoms with Gasteiger partial charge in [-0.15, -0.1) is 0 Å². The van der Waals surface area contributed by atoms with E-state index < -0.39 is 5.97 Å². The number of para-hydroxylation sites is 1. The molecule has 6 heteroatoms. The van der Waals surface area contributed by atoms with Crippen molar-refractivity contribution in [3.05, 3.63) is 35.8 Å². The maximum atomic E-state index is 11.0. The molecule has 1 aromatic carbocycles. The lowest BCUT2D eigenvalue weighted by Gasteiger charge is -2.04. The van der Waals surface area contributed by atoms with E-state index in [4.69, 9.17) is 15.6 Å². The molecule has 1 heterocycles. The lowest BCUT2D eigenvalue weighted by Crippen LogP contribution is -2.11. The Morgan fingerprint density at radius 1 is 1.37 bits per heavy atom. The van der Waals surface area contributed by atoms with Crippen LogP contribution in [0.15, 0.2) is 24.3 Å². The predicted molar refractivity (Wildman–Crippen MR) is 71.0 cm³/mol. The number of aromatic nitrogens is 2. The minimum Gasteiger partial charge on any atom is -0.476 e. The molecule has 0 aliphatic rings. The first-order valence-electron chi connectivity index (χ1n) is 5.72. The molecule has 2 aromatic rings. The van der Waals surface area contributed by atoms with Gasteiger partial charge in [0.1, 0.15) is 12.1 Å². The van der Waals surface area contributed by atoms with E-state index in [-0.39, 0.29) is 5.69 Å². The standard InChI is InChI=1S/C11H11N3O2.C2H4O/c12-6-5-9-13-8-4-2-1-3-7(8)10(14-9)11(15)16;1-2-3/h1-4H,5-6,12H2,(H,15,16);2H,1H3. The van der Waals surface area contributed by atoms with Gasteiger partial charge in [0.2, 0.25) is 0 Å². The number of aldehydes is 1. The molecule has 0 atom stereocenters. The van der Waals surface area contributed by atoms with Crippen LogP contribution in [0.4, 0.5) is 0 Å². The second-order valence-corrected chi connectivity index (χ2v) is 3.59. The van der Waals surface area contributed by atoms with Crippen molar-refractivity contribution in [1.82, 2.24) is 9.97 Å². The van der Waals surface area contributed by atoms with Crippen molar-refractivity contribution in [2.75, 3.05) is 6.54 Å². The molecule has 2 rings (SSSR count). The number of rotatable bonds is 3. The molecule has 0 spiro atoms. The number of nitrogens with zero attached hydrogens (tertiary/aromatic N) is 2. The van der Waals surface area contributed by atoms with Crippen LogP contribution in [0.3, 0.4) is 0 Å². The molecular weight excluding hydrogens is 246 g/mol. The van der Waals surface area contributed by atoms with Gasteiger partial charge in [0.05, 0.1) is 5.52 Å². The molecule has 0 fully saturated rings. The van der Waals surface area contributed by atoms with Gasteiger partial charge in [0.25, 0.3) is 0 Å². The SMILES string of the molecule is CC=O.NCCc1nc(C(=O)O)c2ccccc2n1. The van der Waals surface area contributed by atoms with Crippen LogP contribution < -0.4 is 5.73 Å². The van der Waals surface area contributed by atoms with Crippen molar-refractivity contribution in [2.24, 2.45) is 5.73 Å². The zero-order valence-corrected chi connectivity index (χ0v) is 10.5. The normalized spacial score (nSPS) is 9.58. The second-order valence-electron chi connectivity index (χ2n) is 3.59. The molecule has 100 valence electrons. The summed E-state index contributed by atoms with van der Waals surface area (Å²) in [6.07, 6.45) is 1.23. The van der Waals surface area contributed by atoms with Gasteiger partial charge in [0.15, 0.2) is 5.69 Å². The third-order valence-corrected chi connectivity index (χ3v) is 2.22. The largest absolute Gasteiger partial charge is 0.476 e. The Bertz CT molecular complexity index is 584. The molecule has 0 amide bonds. The minimum absolute atomic E-state index is 0.0362. The first kappa shape index (κ1) is 14.7. The molecule has 6 nitrogen and oxygen atoms in total. The lowest BCUT2D eigenvalue weighted by atomic mass is 10.2. The summed E-state index contributed by atoms with van der Waals surface area (Å²) >= 11 is 0. The molecule has 19 heavy (non-hydrogen) atoms. The van der Waals surface area contributed by atoms with E-state index >= 15 is 0 Å².